The fourth-order valence-corrected chi connectivity index (χ4v) is 1.45. The first kappa shape index (κ1) is 12.6. The summed E-state index contributed by atoms with van der Waals surface area (Å²) in [4.78, 5) is 13.1. The summed E-state index contributed by atoms with van der Waals surface area (Å²) >= 11 is 0. The fraction of sp³-hybridized carbons (Fsp3) is 0.417. The Morgan fingerprint density at radius 3 is 2.81 bits per heavy atom. The molecule has 88 valence electrons. The average molecular weight is 225 g/mol. The predicted molar refractivity (Wildman–Crippen MR) is 59.4 cm³/mol. The second kappa shape index (κ2) is 5.61. The number of hydrogen-bond acceptors (Lipinski definition) is 2. The first-order valence-electron chi connectivity index (χ1n) is 5.15. The van der Waals surface area contributed by atoms with E-state index in [2.05, 4.69) is 0 Å². The van der Waals surface area contributed by atoms with Crippen LogP contribution in [-0.2, 0) is 11.2 Å². The Bertz CT molecular complexity index is 366. The van der Waals surface area contributed by atoms with Gasteiger partial charge in [-0.05, 0) is 24.6 Å². The molecule has 1 unspecified atom stereocenters. The van der Waals surface area contributed by atoms with Crippen molar-refractivity contribution in [2.45, 2.75) is 19.4 Å². The van der Waals surface area contributed by atoms with Crippen molar-refractivity contribution in [2.75, 3.05) is 13.6 Å². The maximum atomic E-state index is 12.9. The molecule has 1 aromatic carbocycles. The van der Waals surface area contributed by atoms with Gasteiger partial charge in [-0.25, -0.2) is 4.39 Å². The van der Waals surface area contributed by atoms with Crippen LogP contribution in [0.3, 0.4) is 0 Å². The normalized spacial score (nSPS) is 12.2. The molecule has 3 nitrogen and oxygen atoms in total. The summed E-state index contributed by atoms with van der Waals surface area (Å²) in [6.45, 7) is 1.90. The predicted octanol–water partition coefficient (Wildman–Crippen LogP) is 1.21. The molecule has 0 aliphatic carbocycles. The molecule has 1 N–H and O–H groups in total. The molecule has 0 aliphatic rings. The van der Waals surface area contributed by atoms with Crippen molar-refractivity contribution < 1.29 is 14.3 Å². The van der Waals surface area contributed by atoms with Crippen LogP contribution in [0.15, 0.2) is 24.3 Å². The quantitative estimate of drug-likeness (QED) is 0.836. The van der Waals surface area contributed by atoms with Crippen LogP contribution in [0, 0.1) is 5.82 Å². The first-order valence-corrected chi connectivity index (χ1v) is 5.15. The Morgan fingerprint density at radius 2 is 2.25 bits per heavy atom. The summed E-state index contributed by atoms with van der Waals surface area (Å²) in [6, 6.07) is 5.96. The van der Waals surface area contributed by atoms with Crippen LogP contribution in [-0.4, -0.2) is 35.6 Å². The Kier molecular flexibility index (Phi) is 4.43. The maximum Gasteiger partial charge on any atom is 0.226 e. The second-order valence-electron chi connectivity index (χ2n) is 3.93. The summed E-state index contributed by atoms with van der Waals surface area (Å²) in [7, 11) is 1.62. The zero-order chi connectivity index (χ0) is 12.1. The first-order chi connectivity index (χ1) is 7.49. The van der Waals surface area contributed by atoms with Gasteiger partial charge in [0.05, 0.1) is 12.5 Å². The van der Waals surface area contributed by atoms with Crippen molar-refractivity contribution in [1.82, 2.24) is 4.90 Å². The lowest BCUT2D eigenvalue weighted by Gasteiger charge is -2.18. The van der Waals surface area contributed by atoms with Crippen LogP contribution >= 0.6 is 0 Å². The number of aliphatic hydroxyl groups is 1. The number of carbonyl (C=O) groups excluding carboxylic acids is 1. The second-order valence-corrected chi connectivity index (χ2v) is 3.93. The van der Waals surface area contributed by atoms with Crippen molar-refractivity contribution >= 4 is 5.91 Å². The molecule has 0 fully saturated rings. The molecule has 0 heterocycles. The molecule has 1 aromatic rings. The van der Waals surface area contributed by atoms with E-state index in [9.17, 15) is 9.18 Å². The molecule has 0 spiro atoms. The zero-order valence-corrected chi connectivity index (χ0v) is 9.48. The molecule has 1 atom stereocenters. The van der Waals surface area contributed by atoms with Gasteiger partial charge in [0.25, 0.3) is 0 Å². The molecule has 1 amide bonds. The van der Waals surface area contributed by atoms with Gasteiger partial charge in [-0.3, -0.25) is 4.79 Å². The van der Waals surface area contributed by atoms with E-state index in [0.717, 1.165) is 0 Å². The van der Waals surface area contributed by atoms with Crippen molar-refractivity contribution in [1.29, 1.82) is 0 Å². The average Bonchev–Trinajstić information content (AvgIpc) is 2.16. The van der Waals surface area contributed by atoms with Gasteiger partial charge in [0.15, 0.2) is 0 Å². The van der Waals surface area contributed by atoms with Crippen LogP contribution in [0.2, 0.25) is 0 Å². The van der Waals surface area contributed by atoms with Crippen LogP contribution < -0.4 is 0 Å². The van der Waals surface area contributed by atoms with Crippen molar-refractivity contribution in [3.8, 4) is 0 Å². The van der Waals surface area contributed by atoms with Crippen LogP contribution in [0.25, 0.3) is 0 Å². The Hall–Kier alpha value is -1.42. The summed E-state index contributed by atoms with van der Waals surface area (Å²) in [5.41, 5.74) is 0.641. The molecular weight excluding hydrogens is 209 g/mol. The number of halogens is 1. The molecule has 0 saturated carbocycles. The SMILES string of the molecule is CC(O)CN(C)C(=O)Cc1cccc(F)c1. The smallest absolute Gasteiger partial charge is 0.226 e. The third-order valence-corrected chi connectivity index (χ3v) is 2.21. The maximum absolute atomic E-state index is 12.9. The van der Waals surface area contributed by atoms with Crippen LogP contribution in [0.5, 0.6) is 0 Å². The molecule has 0 radical (unpaired) electrons. The van der Waals surface area contributed by atoms with Crippen molar-refractivity contribution in [3.63, 3.8) is 0 Å². The molecule has 0 bridgehead atoms. The number of amides is 1. The van der Waals surface area contributed by atoms with Crippen LogP contribution in [0.1, 0.15) is 12.5 Å². The molecule has 1 rings (SSSR count). The van der Waals surface area contributed by atoms with E-state index in [0.29, 0.717) is 5.56 Å². The molecule has 0 saturated heterocycles. The lowest BCUT2D eigenvalue weighted by Crippen LogP contribution is -2.34. The largest absolute Gasteiger partial charge is 0.392 e. The number of rotatable bonds is 4. The Labute approximate surface area is 94.5 Å². The highest BCUT2D eigenvalue weighted by Gasteiger charge is 2.11. The van der Waals surface area contributed by atoms with Gasteiger partial charge in [-0.2, -0.15) is 0 Å². The lowest BCUT2D eigenvalue weighted by molar-refractivity contribution is -0.130. The number of hydrogen-bond donors (Lipinski definition) is 1. The standard InChI is InChI=1S/C12H16FNO2/c1-9(15)8-14(2)12(16)7-10-4-3-5-11(13)6-10/h3-6,9,15H,7-8H2,1-2H3. The van der Waals surface area contributed by atoms with E-state index in [1.165, 1.54) is 17.0 Å². The number of aliphatic hydroxyl groups excluding tert-OH is 1. The fourth-order valence-electron chi connectivity index (χ4n) is 1.45. The van der Waals surface area contributed by atoms with Crippen molar-refractivity contribution in [3.05, 3.63) is 35.6 Å². The van der Waals surface area contributed by atoms with Crippen LogP contribution in [0.4, 0.5) is 4.39 Å². The number of benzene rings is 1. The lowest BCUT2D eigenvalue weighted by atomic mass is 10.1. The Morgan fingerprint density at radius 1 is 1.56 bits per heavy atom. The third-order valence-electron chi connectivity index (χ3n) is 2.21. The minimum atomic E-state index is -0.554. The Balaban J connectivity index is 2.57. The van der Waals surface area contributed by atoms with Gasteiger partial charge >= 0.3 is 0 Å². The van der Waals surface area contributed by atoms with Gasteiger partial charge in [0, 0.05) is 13.6 Å². The monoisotopic (exact) mass is 225 g/mol. The third kappa shape index (κ3) is 3.98. The molecule has 16 heavy (non-hydrogen) atoms. The van der Waals surface area contributed by atoms with Gasteiger partial charge in [-0.15, -0.1) is 0 Å². The van der Waals surface area contributed by atoms with Crippen molar-refractivity contribution in [2.24, 2.45) is 0 Å². The highest BCUT2D eigenvalue weighted by molar-refractivity contribution is 5.78. The zero-order valence-electron chi connectivity index (χ0n) is 9.48. The van der Waals surface area contributed by atoms with Gasteiger partial charge in [0.1, 0.15) is 5.82 Å². The van der Waals surface area contributed by atoms with E-state index in [-0.39, 0.29) is 24.7 Å². The van der Waals surface area contributed by atoms with Gasteiger partial charge in [-0.1, -0.05) is 12.1 Å². The number of carbonyl (C=O) groups is 1. The topological polar surface area (TPSA) is 40.5 Å². The molecular formula is C12H16FNO2. The van der Waals surface area contributed by atoms with E-state index in [1.54, 1.807) is 26.1 Å². The minimum Gasteiger partial charge on any atom is -0.392 e. The van der Waals surface area contributed by atoms with E-state index >= 15 is 0 Å². The highest BCUT2D eigenvalue weighted by Crippen LogP contribution is 2.05. The van der Waals surface area contributed by atoms with E-state index < -0.39 is 6.10 Å². The van der Waals surface area contributed by atoms with E-state index in [4.69, 9.17) is 5.11 Å². The minimum absolute atomic E-state index is 0.133. The van der Waals surface area contributed by atoms with E-state index in [1.807, 2.05) is 0 Å². The highest BCUT2D eigenvalue weighted by atomic mass is 19.1. The molecule has 0 aromatic heterocycles. The van der Waals surface area contributed by atoms with Gasteiger partial charge < -0.3 is 10.0 Å². The summed E-state index contributed by atoms with van der Waals surface area (Å²) in [6.07, 6.45) is -0.400. The number of nitrogens with zero attached hydrogens (tertiary/aromatic N) is 1. The molecule has 4 heteroatoms. The number of likely N-dealkylation sites (N-methyl/N-ethyl adjacent to an activating group) is 1. The molecule has 0 aliphatic heterocycles. The summed E-state index contributed by atoms with van der Waals surface area (Å²) < 4.78 is 12.9. The summed E-state index contributed by atoms with van der Waals surface area (Å²) in [5, 5.41) is 9.13. The van der Waals surface area contributed by atoms with Gasteiger partial charge in [0.2, 0.25) is 5.91 Å². The summed E-state index contributed by atoms with van der Waals surface area (Å²) in [5.74, 6) is -0.477.